The van der Waals surface area contributed by atoms with Gasteiger partial charge in [0, 0.05) is 40.2 Å². The Balaban J connectivity index is 1.89. The van der Waals surface area contributed by atoms with Gasteiger partial charge in [0.1, 0.15) is 17.0 Å². The fraction of sp³-hybridized carbons (Fsp3) is 0.333. The second kappa shape index (κ2) is 11.3. The lowest BCUT2D eigenvalue weighted by Gasteiger charge is -2.38. The van der Waals surface area contributed by atoms with E-state index in [1.54, 1.807) is 30.3 Å². The summed E-state index contributed by atoms with van der Waals surface area (Å²) in [6.45, 7) is 6.29. The molecule has 4 nitrogen and oxygen atoms in total. The highest BCUT2D eigenvalue weighted by molar-refractivity contribution is 6.31. The molecule has 3 unspecified atom stereocenters. The van der Waals surface area contributed by atoms with Crippen molar-refractivity contribution in [3.05, 3.63) is 104 Å². The summed E-state index contributed by atoms with van der Waals surface area (Å²) in [4.78, 5) is 15.2. The molecule has 0 aliphatic carbocycles. The van der Waals surface area contributed by atoms with Crippen molar-refractivity contribution < 1.29 is 13.6 Å². The standard InChI is InChI=1S/C30H28Cl3F2N3O/c1-29(2,3)14-19-16-38(28(39)37-15-18-7-9-20(31)10-8-18)27(22-5-4-6-24(33)26(22)35)30(19,17-36)23-12-11-21(32)13-25(23)34/h4-13,19,27H,14-16H2,1-3H3,(H,37,39). The molecule has 0 saturated carbocycles. The van der Waals surface area contributed by atoms with Gasteiger partial charge in [-0.25, -0.2) is 13.6 Å². The summed E-state index contributed by atoms with van der Waals surface area (Å²) >= 11 is 18.2. The fourth-order valence-electron chi connectivity index (χ4n) is 5.55. The van der Waals surface area contributed by atoms with E-state index >= 15 is 8.78 Å². The van der Waals surface area contributed by atoms with Crippen molar-refractivity contribution in [2.75, 3.05) is 6.54 Å². The van der Waals surface area contributed by atoms with Gasteiger partial charge >= 0.3 is 6.03 Å². The Morgan fingerprint density at radius 1 is 1.08 bits per heavy atom. The number of hydrogen-bond donors (Lipinski definition) is 1. The first-order valence-electron chi connectivity index (χ1n) is 12.5. The Morgan fingerprint density at radius 2 is 1.74 bits per heavy atom. The van der Waals surface area contributed by atoms with E-state index in [9.17, 15) is 10.1 Å². The van der Waals surface area contributed by atoms with Crippen molar-refractivity contribution >= 4 is 40.8 Å². The first kappa shape index (κ1) is 29.1. The van der Waals surface area contributed by atoms with Crippen LogP contribution in [0.15, 0.2) is 60.7 Å². The molecule has 1 saturated heterocycles. The third kappa shape index (κ3) is 5.87. The summed E-state index contributed by atoms with van der Waals surface area (Å²) in [7, 11) is 0. The predicted molar refractivity (Wildman–Crippen MR) is 151 cm³/mol. The molecular formula is C30H28Cl3F2N3O. The van der Waals surface area contributed by atoms with Gasteiger partial charge in [0.2, 0.25) is 0 Å². The lowest BCUT2D eigenvalue weighted by Crippen LogP contribution is -2.44. The van der Waals surface area contributed by atoms with E-state index in [2.05, 4.69) is 11.4 Å². The second-order valence-corrected chi connectivity index (χ2v) is 12.3. The third-order valence-corrected chi connectivity index (χ3v) is 7.90. The molecule has 3 atom stereocenters. The Kier molecular flexibility index (Phi) is 8.47. The maximum Gasteiger partial charge on any atom is 0.318 e. The summed E-state index contributed by atoms with van der Waals surface area (Å²) < 4.78 is 31.3. The first-order chi connectivity index (χ1) is 18.4. The van der Waals surface area contributed by atoms with E-state index < -0.39 is 35.0 Å². The number of hydrogen-bond acceptors (Lipinski definition) is 2. The Hall–Kier alpha value is -2.85. The molecule has 39 heavy (non-hydrogen) atoms. The molecule has 2 amide bonds. The molecule has 1 N–H and O–H groups in total. The zero-order chi connectivity index (χ0) is 28.5. The van der Waals surface area contributed by atoms with Crippen LogP contribution in [-0.2, 0) is 12.0 Å². The molecule has 204 valence electrons. The number of amides is 2. The topological polar surface area (TPSA) is 56.1 Å². The molecule has 1 heterocycles. The highest BCUT2D eigenvalue weighted by Gasteiger charge is 2.60. The summed E-state index contributed by atoms with van der Waals surface area (Å²) in [6, 6.07) is 16.2. The monoisotopic (exact) mass is 589 g/mol. The van der Waals surface area contributed by atoms with E-state index in [4.69, 9.17) is 34.8 Å². The zero-order valence-corrected chi connectivity index (χ0v) is 24.0. The maximum atomic E-state index is 15.7. The molecule has 0 bridgehead atoms. The number of halogens is 5. The van der Waals surface area contributed by atoms with Crippen molar-refractivity contribution in [1.82, 2.24) is 10.2 Å². The number of nitrogens with zero attached hydrogens (tertiary/aromatic N) is 2. The van der Waals surface area contributed by atoms with Gasteiger partial charge in [0.15, 0.2) is 0 Å². The molecule has 4 rings (SSSR count). The van der Waals surface area contributed by atoms with Crippen LogP contribution in [0, 0.1) is 34.3 Å². The minimum atomic E-state index is -1.63. The Labute approximate surface area is 242 Å². The number of carbonyl (C=O) groups is 1. The molecule has 1 aliphatic rings. The van der Waals surface area contributed by atoms with Gasteiger partial charge in [0.25, 0.3) is 0 Å². The van der Waals surface area contributed by atoms with Crippen molar-refractivity contribution in [1.29, 1.82) is 5.26 Å². The summed E-state index contributed by atoms with van der Waals surface area (Å²) in [5.41, 5.74) is -1.02. The quantitative estimate of drug-likeness (QED) is 0.323. The molecule has 3 aromatic rings. The number of rotatable bonds is 5. The second-order valence-electron chi connectivity index (χ2n) is 11.0. The predicted octanol–water partition coefficient (Wildman–Crippen LogP) is 8.71. The van der Waals surface area contributed by atoms with Crippen LogP contribution >= 0.6 is 34.8 Å². The Morgan fingerprint density at radius 3 is 2.36 bits per heavy atom. The van der Waals surface area contributed by atoms with Gasteiger partial charge in [-0.2, -0.15) is 5.26 Å². The molecule has 0 spiro atoms. The third-order valence-electron chi connectivity index (χ3n) is 7.12. The van der Waals surface area contributed by atoms with E-state index in [1.165, 1.54) is 29.2 Å². The number of nitriles is 1. The smallest absolute Gasteiger partial charge is 0.318 e. The average Bonchev–Trinajstić information content (AvgIpc) is 3.18. The van der Waals surface area contributed by atoms with Crippen LogP contribution < -0.4 is 5.32 Å². The van der Waals surface area contributed by atoms with Gasteiger partial charge in [-0.05, 0) is 47.7 Å². The van der Waals surface area contributed by atoms with E-state index in [0.29, 0.717) is 11.4 Å². The van der Waals surface area contributed by atoms with Crippen molar-refractivity contribution in [3.63, 3.8) is 0 Å². The molecule has 9 heteroatoms. The number of nitrogens with one attached hydrogen (secondary N) is 1. The van der Waals surface area contributed by atoms with Crippen LogP contribution in [0.4, 0.5) is 13.6 Å². The minimum absolute atomic E-state index is 0.0384. The number of likely N-dealkylation sites (tertiary alicyclic amines) is 1. The van der Waals surface area contributed by atoms with Gasteiger partial charge in [-0.1, -0.05) is 85.9 Å². The van der Waals surface area contributed by atoms with Gasteiger partial charge < -0.3 is 10.2 Å². The van der Waals surface area contributed by atoms with E-state index in [1.807, 2.05) is 20.8 Å². The van der Waals surface area contributed by atoms with Crippen LogP contribution in [0.1, 0.15) is 49.9 Å². The summed E-state index contributed by atoms with van der Waals surface area (Å²) in [5.74, 6) is -1.99. The largest absolute Gasteiger partial charge is 0.334 e. The molecule has 1 fully saturated rings. The van der Waals surface area contributed by atoms with Crippen LogP contribution in [0.5, 0.6) is 0 Å². The van der Waals surface area contributed by atoms with E-state index in [-0.39, 0.29) is 39.7 Å². The molecular weight excluding hydrogens is 563 g/mol. The van der Waals surface area contributed by atoms with Crippen LogP contribution in [0.25, 0.3) is 0 Å². The normalized spacial score (nSPS) is 21.1. The van der Waals surface area contributed by atoms with Crippen LogP contribution in [0.3, 0.4) is 0 Å². The Bertz CT molecular complexity index is 1420. The average molecular weight is 591 g/mol. The minimum Gasteiger partial charge on any atom is -0.334 e. The maximum absolute atomic E-state index is 15.7. The van der Waals surface area contributed by atoms with Crippen molar-refractivity contribution in [3.8, 4) is 6.07 Å². The van der Waals surface area contributed by atoms with Crippen molar-refractivity contribution in [2.24, 2.45) is 11.3 Å². The summed E-state index contributed by atoms with van der Waals surface area (Å²) in [6.07, 6.45) is 0.461. The summed E-state index contributed by atoms with van der Waals surface area (Å²) in [5, 5.41) is 14.3. The number of carbonyl (C=O) groups excluding carboxylic acids is 1. The lowest BCUT2D eigenvalue weighted by atomic mass is 9.63. The van der Waals surface area contributed by atoms with E-state index in [0.717, 1.165) is 11.6 Å². The number of benzene rings is 3. The molecule has 0 aromatic heterocycles. The lowest BCUT2D eigenvalue weighted by molar-refractivity contribution is 0.184. The fourth-order valence-corrected chi connectivity index (χ4v) is 6.02. The van der Waals surface area contributed by atoms with Gasteiger partial charge in [0.05, 0.1) is 17.1 Å². The van der Waals surface area contributed by atoms with Crippen molar-refractivity contribution in [2.45, 2.75) is 45.2 Å². The van der Waals surface area contributed by atoms with Crippen LogP contribution in [0.2, 0.25) is 15.1 Å². The van der Waals surface area contributed by atoms with Gasteiger partial charge in [-0.15, -0.1) is 0 Å². The number of urea groups is 1. The molecule has 1 aliphatic heterocycles. The SMILES string of the molecule is CC(C)(C)CC1CN(C(=O)NCc2ccc(Cl)cc2)C(c2cccc(Cl)c2F)C1(C#N)c1ccc(Cl)cc1F. The van der Waals surface area contributed by atoms with Crippen LogP contribution in [-0.4, -0.2) is 17.5 Å². The van der Waals surface area contributed by atoms with Gasteiger partial charge in [-0.3, -0.25) is 0 Å². The highest BCUT2D eigenvalue weighted by atomic mass is 35.5. The first-order valence-corrected chi connectivity index (χ1v) is 13.6. The molecule has 0 radical (unpaired) electrons. The zero-order valence-electron chi connectivity index (χ0n) is 21.7. The highest BCUT2D eigenvalue weighted by Crippen LogP contribution is 2.56. The molecule has 3 aromatic carbocycles.